The molecule has 0 spiro atoms. The topological polar surface area (TPSA) is 96.7 Å². The molecular formula is C14H26N4O4. The Balaban J connectivity index is 2.68. The first-order valence-electron chi connectivity index (χ1n) is 7.42. The Hall–Kier alpha value is -1.99. The van der Waals surface area contributed by atoms with E-state index < -0.39 is 16.6 Å². The van der Waals surface area contributed by atoms with Crippen LogP contribution in [0.25, 0.3) is 0 Å². The molecule has 0 aromatic carbocycles. The zero-order valence-corrected chi connectivity index (χ0v) is 13.9. The van der Waals surface area contributed by atoms with Gasteiger partial charge >= 0.3 is 6.09 Å². The quantitative estimate of drug-likeness (QED) is 0.590. The van der Waals surface area contributed by atoms with Crippen molar-refractivity contribution in [1.29, 1.82) is 0 Å². The fourth-order valence-corrected chi connectivity index (χ4v) is 2.09. The third kappa shape index (κ3) is 6.19. The molecule has 1 aliphatic heterocycles. The lowest BCUT2D eigenvalue weighted by molar-refractivity contribution is -0.404. The van der Waals surface area contributed by atoms with Crippen LogP contribution in [0.5, 0.6) is 0 Å². The third-order valence-corrected chi connectivity index (χ3v) is 3.18. The Kier molecular flexibility index (Phi) is 6.01. The number of carbonyl (C=O) groups is 1. The predicted molar refractivity (Wildman–Crippen MR) is 82.6 cm³/mol. The zero-order chi connectivity index (χ0) is 16.9. The van der Waals surface area contributed by atoms with Crippen molar-refractivity contribution in [3.05, 3.63) is 22.1 Å². The molecule has 0 aliphatic carbocycles. The molecule has 0 aromatic rings. The largest absolute Gasteiger partial charge is 0.444 e. The highest BCUT2D eigenvalue weighted by molar-refractivity contribution is 5.68. The zero-order valence-electron chi connectivity index (χ0n) is 13.9. The highest BCUT2D eigenvalue weighted by Gasteiger charge is 2.27. The van der Waals surface area contributed by atoms with Crippen molar-refractivity contribution in [2.24, 2.45) is 5.92 Å². The molecule has 1 amide bonds. The Morgan fingerprint density at radius 2 is 2.18 bits per heavy atom. The summed E-state index contributed by atoms with van der Waals surface area (Å²) >= 11 is 0. The molecule has 1 rings (SSSR count). The van der Waals surface area contributed by atoms with E-state index in [9.17, 15) is 14.9 Å². The summed E-state index contributed by atoms with van der Waals surface area (Å²) in [6, 6.07) is -0.162. The van der Waals surface area contributed by atoms with E-state index in [1.54, 1.807) is 20.8 Å². The maximum atomic E-state index is 11.9. The van der Waals surface area contributed by atoms with Crippen LogP contribution in [0.1, 0.15) is 34.6 Å². The molecule has 0 radical (unpaired) electrons. The van der Waals surface area contributed by atoms with Crippen molar-refractivity contribution < 1.29 is 14.5 Å². The Labute approximate surface area is 131 Å². The molecule has 0 saturated carbocycles. The summed E-state index contributed by atoms with van der Waals surface area (Å²) in [5.41, 5.74) is -0.558. The lowest BCUT2D eigenvalue weighted by atomic mass is 10.0. The number of alkyl carbamates (subject to hydrolysis) is 1. The molecule has 0 unspecified atom stereocenters. The number of amides is 1. The fourth-order valence-electron chi connectivity index (χ4n) is 2.09. The summed E-state index contributed by atoms with van der Waals surface area (Å²) < 4.78 is 5.27. The monoisotopic (exact) mass is 314 g/mol. The first-order valence-corrected chi connectivity index (χ1v) is 7.42. The molecule has 0 aromatic heterocycles. The van der Waals surface area contributed by atoms with Crippen LogP contribution in [0.2, 0.25) is 0 Å². The van der Waals surface area contributed by atoms with Gasteiger partial charge in [-0.2, -0.15) is 0 Å². The van der Waals surface area contributed by atoms with E-state index in [0.29, 0.717) is 25.5 Å². The maximum absolute atomic E-state index is 11.9. The molecule has 1 atom stereocenters. The van der Waals surface area contributed by atoms with Crippen LogP contribution < -0.4 is 10.6 Å². The van der Waals surface area contributed by atoms with E-state index in [1.165, 1.54) is 0 Å². The average Bonchev–Trinajstić information content (AvgIpc) is 2.72. The molecule has 1 aliphatic rings. The summed E-state index contributed by atoms with van der Waals surface area (Å²) in [5, 5.41) is 16.4. The number of carbonyl (C=O) groups excluding carboxylic acids is 1. The van der Waals surface area contributed by atoms with Gasteiger partial charge in [0.2, 0.25) is 0 Å². The van der Waals surface area contributed by atoms with Crippen LogP contribution in [0, 0.1) is 16.0 Å². The van der Waals surface area contributed by atoms with E-state index in [2.05, 4.69) is 10.6 Å². The molecule has 2 N–H and O–H groups in total. The second-order valence-electron chi connectivity index (χ2n) is 6.67. The summed E-state index contributed by atoms with van der Waals surface area (Å²) in [5.74, 6) is 0.645. The highest BCUT2D eigenvalue weighted by Crippen LogP contribution is 2.13. The Morgan fingerprint density at radius 3 is 2.68 bits per heavy atom. The summed E-state index contributed by atoms with van der Waals surface area (Å²) in [7, 11) is 0. The number of rotatable bonds is 5. The number of nitrogens with one attached hydrogen (secondary N) is 2. The van der Waals surface area contributed by atoms with Gasteiger partial charge < -0.3 is 20.3 Å². The van der Waals surface area contributed by atoms with Crippen molar-refractivity contribution in [1.82, 2.24) is 15.5 Å². The van der Waals surface area contributed by atoms with Gasteiger partial charge in [0.25, 0.3) is 6.20 Å². The van der Waals surface area contributed by atoms with Crippen molar-refractivity contribution in [2.45, 2.75) is 46.3 Å². The number of hydrogen-bond acceptors (Lipinski definition) is 6. The maximum Gasteiger partial charge on any atom is 0.407 e. The molecule has 0 bridgehead atoms. The van der Waals surface area contributed by atoms with Crippen LogP contribution in [0.3, 0.4) is 0 Å². The van der Waals surface area contributed by atoms with Crippen LogP contribution in [0.15, 0.2) is 12.0 Å². The van der Waals surface area contributed by atoms with Crippen LogP contribution in [0.4, 0.5) is 4.79 Å². The SMILES string of the molecule is CC(C)[C@H](CN1CCN/C1=C\[N+](=O)[O-])NC(=O)OC(C)(C)C. The molecule has 1 saturated heterocycles. The molecule has 126 valence electrons. The third-order valence-electron chi connectivity index (χ3n) is 3.18. The first-order chi connectivity index (χ1) is 10.1. The molecule has 1 heterocycles. The van der Waals surface area contributed by atoms with Gasteiger partial charge in [-0.05, 0) is 26.7 Å². The minimum absolute atomic E-state index is 0.162. The standard InChI is InChI=1S/C14H26N4O4/c1-10(2)11(16-13(19)22-14(3,4)5)8-17-7-6-15-12(17)9-18(20)21/h9-11,15H,6-8H2,1-5H3,(H,16,19)/b12-9+/t11-/m0/s1. The van der Waals surface area contributed by atoms with E-state index in [-0.39, 0.29) is 12.0 Å². The minimum Gasteiger partial charge on any atom is -0.444 e. The molecule has 22 heavy (non-hydrogen) atoms. The summed E-state index contributed by atoms with van der Waals surface area (Å²) in [4.78, 5) is 23.9. The second kappa shape index (κ2) is 7.33. The smallest absolute Gasteiger partial charge is 0.407 e. The van der Waals surface area contributed by atoms with Crippen LogP contribution in [-0.2, 0) is 4.74 Å². The Bertz CT molecular complexity index is 443. The number of hydrogen-bond donors (Lipinski definition) is 2. The molecule has 8 nitrogen and oxygen atoms in total. The van der Waals surface area contributed by atoms with Gasteiger partial charge in [-0.3, -0.25) is 10.1 Å². The van der Waals surface area contributed by atoms with Crippen molar-refractivity contribution in [2.75, 3.05) is 19.6 Å². The lowest BCUT2D eigenvalue weighted by Gasteiger charge is -2.29. The number of ether oxygens (including phenoxy) is 1. The van der Waals surface area contributed by atoms with Gasteiger partial charge in [0.15, 0.2) is 5.82 Å². The number of nitro groups is 1. The van der Waals surface area contributed by atoms with Gasteiger partial charge in [0.05, 0.1) is 11.0 Å². The van der Waals surface area contributed by atoms with Gasteiger partial charge in [-0.25, -0.2) is 4.79 Å². The van der Waals surface area contributed by atoms with E-state index in [4.69, 9.17) is 4.74 Å². The van der Waals surface area contributed by atoms with E-state index >= 15 is 0 Å². The Morgan fingerprint density at radius 1 is 1.55 bits per heavy atom. The molecule has 1 fully saturated rings. The van der Waals surface area contributed by atoms with Gasteiger partial charge in [0, 0.05) is 19.6 Å². The van der Waals surface area contributed by atoms with E-state index in [1.807, 2.05) is 18.7 Å². The highest BCUT2D eigenvalue weighted by atomic mass is 16.6. The number of nitrogens with zero attached hydrogens (tertiary/aromatic N) is 2. The summed E-state index contributed by atoms with van der Waals surface area (Å²) in [6.07, 6.45) is 0.482. The lowest BCUT2D eigenvalue weighted by Crippen LogP contribution is -2.47. The van der Waals surface area contributed by atoms with Crippen molar-refractivity contribution in [3.8, 4) is 0 Å². The van der Waals surface area contributed by atoms with Gasteiger partial charge in [-0.1, -0.05) is 13.8 Å². The fraction of sp³-hybridized carbons (Fsp3) is 0.786. The van der Waals surface area contributed by atoms with Crippen LogP contribution in [-0.4, -0.2) is 47.2 Å². The van der Waals surface area contributed by atoms with Crippen molar-refractivity contribution >= 4 is 6.09 Å². The normalized spacial score (nSPS) is 18.3. The summed E-state index contributed by atoms with van der Waals surface area (Å²) in [6.45, 7) is 11.2. The van der Waals surface area contributed by atoms with E-state index in [0.717, 1.165) is 6.20 Å². The average molecular weight is 314 g/mol. The first kappa shape index (κ1) is 18.1. The van der Waals surface area contributed by atoms with Crippen molar-refractivity contribution in [3.63, 3.8) is 0 Å². The molecular weight excluding hydrogens is 288 g/mol. The predicted octanol–water partition coefficient (Wildman–Crippen LogP) is 1.52. The molecule has 8 heteroatoms. The second-order valence-corrected chi connectivity index (χ2v) is 6.67. The van der Waals surface area contributed by atoms with Gasteiger partial charge in [-0.15, -0.1) is 0 Å². The van der Waals surface area contributed by atoms with Crippen LogP contribution >= 0.6 is 0 Å². The minimum atomic E-state index is -0.558. The van der Waals surface area contributed by atoms with Gasteiger partial charge in [0.1, 0.15) is 5.60 Å².